The van der Waals surface area contributed by atoms with E-state index in [9.17, 15) is 4.79 Å². The largest absolute Gasteiger partial charge is 0.487 e. The van der Waals surface area contributed by atoms with Gasteiger partial charge in [0, 0.05) is 5.02 Å². The predicted octanol–water partition coefficient (Wildman–Crippen LogP) is 6.38. The maximum atomic E-state index is 12.8. The SMILES string of the molecule is CC1=NN(c2ccccc2)C(=O)/C1=C/c1ccc(OCc2ccc(Cl)cc2)c(Cl)c1. The molecule has 0 saturated carbocycles. The van der Waals surface area contributed by atoms with Gasteiger partial charge in [0.15, 0.2) is 0 Å². The zero-order chi connectivity index (χ0) is 21.1. The number of carbonyl (C=O) groups is 1. The predicted molar refractivity (Wildman–Crippen MR) is 122 cm³/mol. The summed E-state index contributed by atoms with van der Waals surface area (Å²) in [6.07, 6.45) is 1.79. The number of rotatable bonds is 5. The minimum Gasteiger partial charge on any atom is -0.487 e. The van der Waals surface area contributed by atoms with Crippen LogP contribution in [0.4, 0.5) is 5.69 Å². The van der Waals surface area contributed by atoms with Crippen LogP contribution in [0.3, 0.4) is 0 Å². The van der Waals surface area contributed by atoms with Crippen molar-refractivity contribution >= 4 is 46.6 Å². The molecule has 6 heteroatoms. The fourth-order valence-electron chi connectivity index (χ4n) is 3.06. The third-order valence-corrected chi connectivity index (χ3v) is 5.19. The van der Waals surface area contributed by atoms with Crippen molar-refractivity contribution in [3.63, 3.8) is 0 Å². The van der Waals surface area contributed by atoms with E-state index < -0.39 is 0 Å². The van der Waals surface area contributed by atoms with Crippen molar-refractivity contribution in [3.05, 3.63) is 99.5 Å². The Hall–Kier alpha value is -3.08. The Morgan fingerprint density at radius 3 is 2.43 bits per heavy atom. The fourth-order valence-corrected chi connectivity index (χ4v) is 3.43. The molecule has 4 nitrogen and oxygen atoms in total. The normalized spacial score (nSPS) is 14.9. The topological polar surface area (TPSA) is 41.9 Å². The molecule has 0 N–H and O–H groups in total. The van der Waals surface area contributed by atoms with Crippen molar-refractivity contribution in [2.75, 3.05) is 5.01 Å². The lowest BCUT2D eigenvalue weighted by Crippen LogP contribution is -2.21. The van der Waals surface area contributed by atoms with Gasteiger partial charge in [-0.05, 0) is 60.5 Å². The smallest absolute Gasteiger partial charge is 0.280 e. The summed E-state index contributed by atoms with van der Waals surface area (Å²) in [4.78, 5) is 12.8. The number of amides is 1. The van der Waals surface area contributed by atoms with Gasteiger partial charge in [0.1, 0.15) is 12.4 Å². The van der Waals surface area contributed by atoms with E-state index in [0.29, 0.717) is 33.7 Å². The van der Waals surface area contributed by atoms with Crippen LogP contribution in [0.25, 0.3) is 6.08 Å². The van der Waals surface area contributed by atoms with E-state index in [0.717, 1.165) is 16.8 Å². The molecule has 0 fully saturated rings. The van der Waals surface area contributed by atoms with Crippen LogP contribution in [0.15, 0.2) is 83.5 Å². The van der Waals surface area contributed by atoms with E-state index in [-0.39, 0.29) is 5.91 Å². The Bertz CT molecular complexity index is 1140. The van der Waals surface area contributed by atoms with Gasteiger partial charge in [-0.25, -0.2) is 0 Å². The van der Waals surface area contributed by atoms with Crippen LogP contribution in [-0.4, -0.2) is 11.6 Å². The highest BCUT2D eigenvalue weighted by Gasteiger charge is 2.28. The van der Waals surface area contributed by atoms with Crippen molar-refractivity contribution in [3.8, 4) is 5.75 Å². The molecule has 30 heavy (non-hydrogen) atoms. The molecule has 3 aromatic carbocycles. The molecule has 1 amide bonds. The Labute approximate surface area is 185 Å². The first-order valence-electron chi connectivity index (χ1n) is 9.35. The number of nitrogens with zero attached hydrogens (tertiary/aromatic N) is 2. The summed E-state index contributed by atoms with van der Waals surface area (Å²) in [5.41, 5.74) is 3.71. The highest BCUT2D eigenvalue weighted by atomic mass is 35.5. The van der Waals surface area contributed by atoms with Crippen LogP contribution in [0, 0.1) is 0 Å². The van der Waals surface area contributed by atoms with E-state index in [1.165, 1.54) is 5.01 Å². The van der Waals surface area contributed by atoms with Crippen LogP contribution in [0.1, 0.15) is 18.1 Å². The van der Waals surface area contributed by atoms with E-state index in [1.807, 2.05) is 67.6 Å². The van der Waals surface area contributed by atoms with Gasteiger partial charge in [-0.15, -0.1) is 0 Å². The minimum absolute atomic E-state index is 0.169. The standard InChI is InChI=1S/C24H18Cl2N2O2/c1-16-21(24(29)28(27-16)20-5-3-2-4-6-20)13-18-9-12-23(22(26)14-18)30-15-17-7-10-19(25)11-8-17/h2-14H,15H2,1H3/b21-13+. The summed E-state index contributed by atoms with van der Waals surface area (Å²) in [5.74, 6) is 0.403. The van der Waals surface area contributed by atoms with Gasteiger partial charge < -0.3 is 4.74 Å². The van der Waals surface area contributed by atoms with Crippen molar-refractivity contribution in [2.45, 2.75) is 13.5 Å². The molecule has 0 saturated heterocycles. The zero-order valence-corrected chi connectivity index (χ0v) is 17.7. The van der Waals surface area contributed by atoms with Crippen LogP contribution in [0.2, 0.25) is 10.0 Å². The number of anilines is 1. The molecule has 0 aromatic heterocycles. The average molecular weight is 437 g/mol. The molecule has 150 valence electrons. The molecule has 1 aliphatic heterocycles. The van der Waals surface area contributed by atoms with Gasteiger partial charge in [0.2, 0.25) is 0 Å². The second-order valence-electron chi connectivity index (χ2n) is 6.80. The third-order valence-electron chi connectivity index (χ3n) is 4.64. The van der Waals surface area contributed by atoms with Gasteiger partial charge >= 0.3 is 0 Å². The van der Waals surface area contributed by atoms with E-state index >= 15 is 0 Å². The number of hydrogen-bond acceptors (Lipinski definition) is 3. The van der Waals surface area contributed by atoms with Gasteiger partial charge in [0.25, 0.3) is 5.91 Å². The van der Waals surface area contributed by atoms with E-state index in [4.69, 9.17) is 27.9 Å². The number of halogens is 2. The first kappa shape index (κ1) is 20.2. The molecule has 1 aliphatic rings. The summed E-state index contributed by atoms with van der Waals surface area (Å²) < 4.78 is 5.81. The quantitative estimate of drug-likeness (QED) is 0.435. The Balaban J connectivity index is 1.50. The molecular weight excluding hydrogens is 419 g/mol. The molecule has 0 unspecified atom stereocenters. The average Bonchev–Trinajstić information content (AvgIpc) is 3.03. The van der Waals surface area contributed by atoms with E-state index in [1.54, 1.807) is 18.2 Å². The molecule has 0 bridgehead atoms. The molecule has 0 spiro atoms. The summed E-state index contributed by atoms with van der Waals surface area (Å²) >= 11 is 12.3. The van der Waals surface area contributed by atoms with Crippen molar-refractivity contribution in [2.24, 2.45) is 5.10 Å². The first-order chi connectivity index (χ1) is 14.5. The Kier molecular flexibility index (Phi) is 5.88. The van der Waals surface area contributed by atoms with Gasteiger partial charge in [-0.2, -0.15) is 10.1 Å². The maximum absolute atomic E-state index is 12.8. The number of benzene rings is 3. The molecule has 0 radical (unpaired) electrons. The number of ether oxygens (including phenoxy) is 1. The van der Waals surface area contributed by atoms with E-state index in [2.05, 4.69) is 5.10 Å². The molecule has 4 rings (SSSR count). The molecule has 0 atom stereocenters. The lowest BCUT2D eigenvalue weighted by atomic mass is 10.1. The number of para-hydroxylation sites is 1. The lowest BCUT2D eigenvalue weighted by Gasteiger charge is -2.11. The van der Waals surface area contributed by atoms with Crippen LogP contribution < -0.4 is 9.75 Å². The summed E-state index contributed by atoms with van der Waals surface area (Å²) in [5, 5.41) is 6.95. The van der Waals surface area contributed by atoms with Gasteiger partial charge in [-0.3, -0.25) is 4.79 Å². The summed E-state index contributed by atoms with van der Waals surface area (Å²) in [6.45, 7) is 2.20. The lowest BCUT2D eigenvalue weighted by molar-refractivity contribution is -0.114. The summed E-state index contributed by atoms with van der Waals surface area (Å²) in [6, 6.07) is 22.2. The number of carbonyl (C=O) groups excluding carboxylic acids is 1. The minimum atomic E-state index is -0.169. The maximum Gasteiger partial charge on any atom is 0.280 e. The molecule has 0 aliphatic carbocycles. The molecular formula is C24H18Cl2N2O2. The van der Waals surface area contributed by atoms with Gasteiger partial charge in [0.05, 0.1) is 22.0 Å². The van der Waals surface area contributed by atoms with Crippen LogP contribution in [-0.2, 0) is 11.4 Å². The van der Waals surface area contributed by atoms with Gasteiger partial charge in [-0.1, -0.05) is 59.6 Å². The molecule has 3 aromatic rings. The molecule has 1 heterocycles. The first-order valence-corrected chi connectivity index (χ1v) is 10.1. The highest BCUT2D eigenvalue weighted by Crippen LogP contribution is 2.29. The van der Waals surface area contributed by atoms with Crippen molar-refractivity contribution in [1.29, 1.82) is 0 Å². The van der Waals surface area contributed by atoms with Crippen LogP contribution >= 0.6 is 23.2 Å². The van der Waals surface area contributed by atoms with Crippen LogP contribution in [0.5, 0.6) is 5.75 Å². The Morgan fingerprint density at radius 2 is 1.73 bits per heavy atom. The van der Waals surface area contributed by atoms with Crippen molar-refractivity contribution in [1.82, 2.24) is 0 Å². The second kappa shape index (κ2) is 8.74. The number of hydrazone groups is 1. The third kappa shape index (κ3) is 4.40. The highest BCUT2D eigenvalue weighted by molar-refractivity contribution is 6.33. The van der Waals surface area contributed by atoms with Crippen molar-refractivity contribution < 1.29 is 9.53 Å². The monoisotopic (exact) mass is 436 g/mol. The fraction of sp³-hybridized carbons (Fsp3) is 0.0833. The Morgan fingerprint density at radius 1 is 1.00 bits per heavy atom. The second-order valence-corrected chi connectivity index (χ2v) is 7.64. The zero-order valence-electron chi connectivity index (χ0n) is 16.2. The summed E-state index contributed by atoms with van der Waals surface area (Å²) in [7, 11) is 0. The number of hydrogen-bond donors (Lipinski definition) is 0.